The number of hydrogen-bond acceptors (Lipinski definition) is 7. The second-order valence-corrected chi connectivity index (χ2v) is 7.25. The number of piperazine rings is 1. The van der Waals surface area contributed by atoms with Gasteiger partial charge in [0.15, 0.2) is 0 Å². The van der Waals surface area contributed by atoms with Gasteiger partial charge in [0.1, 0.15) is 0 Å². The van der Waals surface area contributed by atoms with E-state index in [0.29, 0.717) is 17.5 Å². The molecule has 1 aromatic rings. The fourth-order valence-electron chi connectivity index (χ4n) is 3.78. The van der Waals surface area contributed by atoms with E-state index in [1.165, 1.54) is 0 Å². The molecule has 0 radical (unpaired) electrons. The first-order chi connectivity index (χ1) is 15.0. The van der Waals surface area contributed by atoms with Crippen LogP contribution in [0.5, 0.6) is 0 Å². The van der Waals surface area contributed by atoms with E-state index < -0.39 is 35.8 Å². The summed E-state index contributed by atoms with van der Waals surface area (Å²) in [5.74, 6) is -5.01. The van der Waals surface area contributed by atoms with Crippen molar-refractivity contribution in [3.63, 3.8) is 0 Å². The normalized spacial score (nSPS) is 20.7. The smallest absolute Gasteiger partial charge is 0.475 e. The lowest BCUT2D eigenvalue weighted by molar-refractivity contribution is -0.192. The van der Waals surface area contributed by atoms with Gasteiger partial charge in [-0.05, 0) is 18.6 Å². The lowest BCUT2D eigenvalue weighted by Crippen LogP contribution is -2.45. The SMILES string of the molecule is O=C(O)C(F)(F)F.O=C1CCC(c2c(N3CCNCC3)ccc3c2C(=O)NC3=O)C(=O)N1. The Balaban J connectivity index is 0.000000360. The van der Waals surface area contributed by atoms with Crippen LogP contribution in [-0.2, 0) is 14.4 Å². The number of nitrogens with zero attached hydrogens (tertiary/aromatic N) is 1. The third-order valence-electron chi connectivity index (χ3n) is 5.21. The van der Waals surface area contributed by atoms with E-state index in [0.717, 1.165) is 31.9 Å². The lowest BCUT2D eigenvalue weighted by atomic mass is 9.84. The monoisotopic (exact) mass is 456 g/mol. The molecular formula is C19H19F3N4O6. The van der Waals surface area contributed by atoms with Crippen molar-refractivity contribution in [3.8, 4) is 0 Å². The first-order valence-corrected chi connectivity index (χ1v) is 9.62. The first kappa shape index (κ1) is 23.2. The Kier molecular flexibility index (Phi) is 6.48. The van der Waals surface area contributed by atoms with Gasteiger partial charge in [-0.15, -0.1) is 0 Å². The molecule has 13 heteroatoms. The third-order valence-corrected chi connectivity index (χ3v) is 5.21. The van der Waals surface area contributed by atoms with Crippen LogP contribution < -0.4 is 20.9 Å². The number of carboxylic acids is 1. The molecule has 32 heavy (non-hydrogen) atoms. The molecule has 2 fully saturated rings. The number of amides is 4. The zero-order chi connectivity index (χ0) is 23.6. The molecule has 0 saturated carbocycles. The summed E-state index contributed by atoms with van der Waals surface area (Å²) in [7, 11) is 0. The van der Waals surface area contributed by atoms with Gasteiger partial charge in [0.2, 0.25) is 11.8 Å². The Morgan fingerprint density at radius 1 is 1.03 bits per heavy atom. The van der Waals surface area contributed by atoms with Gasteiger partial charge in [-0.2, -0.15) is 13.2 Å². The van der Waals surface area contributed by atoms with Crippen molar-refractivity contribution in [2.75, 3.05) is 31.1 Å². The fourth-order valence-corrected chi connectivity index (χ4v) is 3.78. The van der Waals surface area contributed by atoms with Crippen LogP contribution in [0.2, 0.25) is 0 Å². The minimum atomic E-state index is -5.08. The maximum Gasteiger partial charge on any atom is 0.490 e. The topological polar surface area (TPSA) is 145 Å². The Bertz CT molecular complexity index is 988. The summed E-state index contributed by atoms with van der Waals surface area (Å²) < 4.78 is 31.7. The molecule has 0 bridgehead atoms. The number of nitrogens with one attached hydrogen (secondary N) is 3. The minimum absolute atomic E-state index is 0.219. The largest absolute Gasteiger partial charge is 0.490 e. The number of piperidine rings is 1. The molecule has 4 rings (SSSR count). The Labute approximate surface area is 179 Å². The summed E-state index contributed by atoms with van der Waals surface area (Å²) >= 11 is 0. The van der Waals surface area contributed by atoms with E-state index in [1.807, 2.05) is 0 Å². The van der Waals surface area contributed by atoms with Crippen LogP contribution in [0.25, 0.3) is 0 Å². The minimum Gasteiger partial charge on any atom is -0.475 e. The van der Waals surface area contributed by atoms with E-state index in [9.17, 15) is 32.3 Å². The second-order valence-electron chi connectivity index (χ2n) is 7.25. The summed E-state index contributed by atoms with van der Waals surface area (Å²) in [5, 5.41) is 15.1. The number of rotatable bonds is 2. The van der Waals surface area contributed by atoms with Crippen LogP contribution in [0.4, 0.5) is 18.9 Å². The number of carbonyl (C=O) groups excluding carboxylic acids is 4. The molecular weight excluding hydrogens is 437 g/mol. The van der Waals surface area contributed by atoms with E-state index in [-0.39, 0.29) is 17.9 Å². The molecule has 10 nitrogen and oxygen atoms in total. The van der Waals surface area contributed by atoms with Gasteiger partial charge in [-0.3, -0.25) is 29.8 Å². The van der Waals surface area contributed by atoms with Crippen molar-refractivity contribution < 1.29 is 42.3 Å². The van der Waals surface area contributed by atoms with Crippen LogP contribution >= 0.6 is 0 Å². The Morgan fingerprint density at radius 2 is 1.66 bits per heavy atom. The number of hydrogen-bond donors (Lipinski definition) is 4. The highest BCUT2D eigenvalue weighted by Crippen LogP contribution is 2.38. The van der Waals surface area contributed by atoms with Crippen LogP contribution in [0, 0.1) is 0 Å². The first-order valence-electron chi connectivity index (χ1n) is 9.62. The lowest BCUT2D eigenvalue weighted by Gasteiger charge is -2.34. The maximum atomic E-state index is 12.4. The van der Waals surface area contributed by atoms with Gasteiger partial charge in [0, 0.05) is 43.9 Å². The average Bonchev–Trinajstić information content (AvgIpc) is 3.02. The van der Waals surface area contributed by atoms with Crippen LogP contribution in [0.3, 0.4) is 0 Å². The maximum absolute atomic E-state index is 12.4. The molecule has 1 atom stereocenters. The predicted molar refractivity (Wildman–Crippen MR) is 102 cm³/mol. The summed E-state index contributed by atoms with van der Waals surface area (Å²) in [6.45, 7) is 3.09. The number of alkyl halides is 3. The molecule has 3 heterocycles. The zero-order valence-electron chi connectivity index (χ0n) is 16.5. The van der Waals surface area contributed by atoms with Gasteiger partial charge >= 0.3 is 12.1 Å². The second kappa shape index (κ2) is 8.94. The fraction of sp³-hybridized carbons (Fsp3) is 0.421. The van der Waals surface area contributed by atoms with Crippen molar-refractivity contribution in [1.82, 2.24) is 16.0 Å². The van der Waals surface area contributed by atoms with Crippen molar-refractivity contribution in [2.45, 2.75) is 24.9 Å². The van der Waals surface area contributed by atoms with Gasteiger partial charge in [-0.1, -0.05) is 0 Å². The third kappa shape index (κ3) is 4.72. The van der Waals surface area contributed by atoms with Crippen molar-refractivity contribution in [2.24, 2.45) is 0 Å². The molecule has 3 aliphatic heterocycles. The molecule has 4 amide bonds. The number of anilines is 1. The summed E-state index contributed by atoms with van der Waals surface area (Å²) in [6.07, 6.45) is -4.53. The molecule has 2 saturated heterocycles. The van der Waals surface area contributed by atoms with Gasteiger partial charge in [0.25, 0.3) is 11.8 Å². The zero-order valence-corrected chi connectivity index (χ0v) is 16.5. The Hall–Kier alpha value is -3.48. The van der Waals surface area contributed by atoms with Crippen molar-refractivity contribution >= 4 is 35.3 Å². The predicted octanol–water partition coefficient (Wildman–Crippen LogP) is 0.133. The Morgan fingerprint density at radius 3 is 2.22 bits per heavy atom. The number of fused-ring (bicyclic) bond motifs is 1. The van der Waals surface area contributed by atoms with Gasteiger partial charge in [0.05, 0.1) is 17.0 Å². The van der Waals surface area contributed by atoms with Crippen LogP contribution in [0.1, 0.15) is 45.0 Å². The highest BCUT2D eigenvalue weighted by atomic mass is 19.4. The molecule has 3 aliphatic rings. The van der Waals surface area contributed by atoms with E-state index in [4.69, 9.17) is 9.90 Å². The molecule has 4 N–H and O–H groups in total. The van der Waals surface area contributed by atoms with E-state index in [2.05, 4.69) is 20.9 Å². The summed E-state index contributed by atoms with van der Waals surface area (Å²) in [6, 6.07) is 3.45. The van der Waals surface area contributed by atoms with Crippen LogP contribution in [-0.4, -0.2) is 67.1 Å². The molecule has 1 aromatic carbocycles. The highest BCUT2D eigenvalue weighted by molar-refractivity contribution is 6.23. The van der Waals surface area contributed by atoms with Crippen molar-refractivity contribution in [3.05, 3.63) is 28.8 Å². The number of halogens is 3. The number of imide groups is 2. The van der Waals surface area contributed by atoms with E-state index >= 15 is 0 Å². The number of carboxylic acid groups (broad SMARTS) is 1. The summed E-state index contributed by atoms with van der Waals surface area (Å²) in [5.41, 5.74) is 1.92. The highest BCUT2D eigenvalue weighted by Gasteiger charge is 2.39. The van der Waals surface area contributed by atoms with Crippen molar-refractivity contribution in [1.29, 1.82) is 0 Å². The molecule has 172 valence electrons. The molecule has 1 unspecified atom stereocenters. The molecule has 0 spiro atoms. The van der Waals surface area contributed by atoms with Gasteiger partial charge < -0.3 is 15.3 Å². The summed E-state index contributed by atoms with van der Waals surface area (Å²) in [4.78, 5) is 59.4. The van der Waals surface area contributed by atoms with E-state index in [1.54, 1.807) is 12.1 Å². The molecule has 0 aromatic heterocycles. The quantitative estimate of drug-likeness (QED) is 0.460. The van der Waals surface area contributed by atoms with Crippen LogP contribution in [0.15, 0.2) is 12.1 Å². The molecule has 0 aliphatic carbocycles. The number of aliphatic carboxylic acids is 1. The number of carbonyl (C=O) groups is 5. The average molecular weight is 456 g/mol. The van der Waals surface area contributed by atoms with Gasteiger partial charge in [-0.25, -0.2) is 4.79 Å². The number of benzene rings is 1. The standard InChI is InChI=1S/C17H18N4O4.C2HF3O2/c22-12-4-2-9(15(23)19-12)13-11(21-7-5-18-6-8-21)3-1-10-14(13)17(25)20-16(10)24;3-2(4,5)1(6)7/h1,3,9,18H,2,4-8H2,(H,19,22,23)(H,20,24,25);(H,6,7).